The van der Waals surface area contributed by atoms with Crippen molar-refractivity contribution in [2.45, 2.75) is 18.4 Å². The molecule has 3 heterocycles. The molecule has 3 aliphatic rings. The number of hydrogen-bond acceptors (Lipinski definition) is 7. The van der Waals surface area contributed by atoms with Crippen LogP contribution in [0.5, 0.6) is 0 Å². The fraction of sp³-hybridized carbons (Fsp3) is 0.579. The summed E-state index contributed by atoms with van der Waals surface area (Å²) in [4.78, 5) is 25.8. The Kier molecular flexibility index (Phi) is 7.11. The van der Waals surface area contributed by atoms with Crippen molar-refractivity contribution in [2.75, 3.05) is 62.3 Å². The van der Waals surface area contributed by atoms with Crippen LogP contribution in [0.1, 0.15) is 6.92 Å². The number of piperazine rings is 1. The van der Waals surface area contributed by atoms with E-state index in [4.69, 9.17) is 25.4 Å². The van der Waals surface area contributed by atoms with Crippen LogP contribution in [0, 0.1) is 11.6 Å². The van der Waals surface area contributed by atoms with E-state index in [2.05, 4.69) is 5.32 Å². The number of rotatable bonds is 5. The number of carbonyl (C=O) groups is 2. The monoisotopic (exact) mass is 508 g/mol. The number of nitrogens with zero attached hydrogens (tertiary/aromatic N) is 3. The van der Waals surface area contributed by atoms with Gasteiger partial charge >= 0.3 is 13.8 Å². The number of alkyl halides is 1. The van der Waals surface area contributed by atoms with Crippen molar-refractivity contribution < 1.29 is 36.7 Å². The molecule has 3 fully saturated rings. The van der Waals surface area contributed by atoms with Crippen LogP contribution in [0.15, 0.2) is 12.1 Å². The second-order valence-corrected chi connectivity index (χ2v) is 10.5. The molecule has 3 saturated heterocycles. The van der Waals surface area contributed by atoms with E-state index >= 15 is 0 Å². The number of amides is 2. The highest BCUT2D eigenvalue weighted by Gasteiger charge is 2.40. The molecule has 0 radical (unpaired) electrons. The van der Waals surface area contributed by atoms with Crippen LogP contribution in [0.25, 0.3) is 0 Å². The maximum atomic E-state index is 14.9. The van der Waals surface area contributed by atoms with Crippen molar-refractivity contribution in [1.82, 2.24) is 9.99 Å². The fourth-order valence-corrected chi connectivity index (χ4v) is 5.98. The van der Waals surface area contributed by atoms with Crippen LogP contribution < -0.4 is 15.1 Å². The summed E-state index contributed by atoms with van der Waals surface area (Å²) < 4.78 is 60.0. The number of carbonyl (C=O) groups excluding carboxylic acids is 2. The lowest BCUT2D eigenvalue weighted by Crippen LogP contribution is -2.46. The van der Waals surface area contributed by atoms with E-state index in [0.717, 1.165) is 17.0 Å². The molecule has 2 amide bonds. The van der Waals surface area contributed by atoms with Crippen LogP contribution in [-0.4, -0.2) is 80.6 Å². The first kappa shape index (κ1) is 24.2. The molecule has 0 bridgehead atoms. The second kappa shape index (κ2) is 9.71. The summed E-state index contributed by atoms with van der Waals surface area (Å²) in [6.07, 6.45) is -1.37. The third-order valence-corrected chi connectivity index (χ3v) is 7.82. The minimum Gasteiger partial charge on any atom is -0.442 e. The smallest absolute Gasteiger partial charge is 0.414 e. The van der Waals surface area contributed by atoms with Gasteiger partial charge in [-0.2, -0.15) is 0 Å². The van der Waals surface area contributed by atoms with E-state index in [1.54, 1.807) is 0 Å². The summed E-state index contributed by atoms with van der Waals surface area (Å²) in [6.45, 7) is 2.52. The number of halogens is 3. The molecule has 33 heavy (non-hydrogen) atoms. The summed E-state index contributed by atoms with van der Waals surface area (Å²) in [5, 5.41) is 2.17. The molecular weight excluding hydrogens is 485 g/mol. The highest BCUT2D eigenvalue weighted by Crippen LogP contribution is 2.54. The number of hydrogen-bond donors (Lipinski definition) is 1. The van der Waals surface area contributed by atoms with Gasteiger partial charge in [0.05, 0.1) is 37.4 Å². The largest absolute Gasteiger partial charge is 0.442 e. The Morgan fingerprint density at radius 3 is 2.36 bits per heavy atom. The van der Waals surface area contributed by atoms with Crippen LogP contribution in [0.2, 0.25) is 0 Å². The van der Waals surface area contributed by atoms with Crippen molar-refractivity contribution in [1.29, 1.82) is 0 Å². The van der Waals surface area contributed by atoms with Crippen LogP contribution in [-0.2, 0) is 23.1 Å². The van der Waals surface area contributed by atoms with Gasteiger partial charge in [0.1, 0.15) is 11.8 Å². The molecule has 182 valence electrons. The van der Waals surface area contributed by atoms with Gasteiger partial charge in [-0.1, -0.05) is 0 Å². The molecule has 1 aromatic rings. The molecule has 1 N–H and O–H groups in total. The highest BCUT2D eigenvalue weighted by molar-refractivity contribution is 7.51. The lowest BCUT2D eigenvalue weighted by atomic mass is 10.2. The molecule has 0 saturated carbocycles. The Hall–Kier alpha value is -1.98. The predicted octanol–water partition coefficient (Wildman–Crippen LogP) is 2.31. The van der Waals surface area contributed by atoms with Crippen molar-refractivity contribution in [3.63, 3.8) is 0 Å². The SMILES string of the molecule is CC(=O)NC[C@H]1CN(c2cc(F)c(N3CCN(P4(=O)OCC(Cl)CO4)CC3)c(F)c2)C(=O)O1. The van der Waals surface area contributed by atoms with Crippen LogP contribution in [0.3, 0.4) is 0 Å². The molecule has 14 heteroatoms. The topological polar surface area (TPSA) is 101 Å². The molecule has 0 unspecified atom stereocenters. The third-order valence-electron chi connectivity index (χ3n) is 5.52. The Labute approximate surface area is 194 Å². The van der Waals surface area contributed by atoms with Crippen LogP contribution >= 0.6 is 19.3 Å². The Morgan fingerprint density at radius 1 is 1.18 bits per heavy atom. The first-order valence-electron chi connectivity index (χ1n) is 10.4. The lowest BCUT2D eigenvalue weighted by Gasteiger charge is -2.40. The van der Waals surface area contributed by atoms with Gasteiger partial charge in [0, 0.05) is 45.2 Å². The molecule has 10 nitrogen and oxygen atoms in total. The van der Waals surface area contributed by atoms with Crippen molar-refractivity contribution in [2.24, 2.45) is 0 Å². The molecule has 3 aliphatic heterocycles. The van der Waals surface area contributed by atoms with Gasteiger partial charge in [-0.05, 0) is 0 Å². The van der Waals surface area contributed by atoms with E-state index in [0.29, 0.717) is 0 Å². The van der Waals surface area contributed by atoms with E-state index < -0.39 is 31.6 Å². The van der Waals surface area contributed by atoms with Gasteiger partial charge in [0.25, 0.3) is 0 Å². The van der Waals surface area contributed by atoms with Gasteiger partial charge in [0.2, 0.25) is 5.91 Å². The summed E-state index contributed by atoms with van der Waals surface area (Å²) in [5.74, 6) is -1.95. The molecule has 4 rings (SSSR count). The average Bonchev–Trinajstić information content (AvgIpc) is 3.15. The number of anilines is 2. The van der Waals surface area contributed by atoms with Crippen molar-refractivity contribution in [3.05, 3.63) is 23.8 Å². The van der Waals surface area contributed by atoms with Gasteiger partial charge < -0.3 is 15.0 Å². The number of ether oxygens (including phenoxy) is 1. The molecular formula is C19H24ClF2N4O6P. The van der Waals surface area contributed by atoms with Crippen LogP contribution in [0.4, 0.5) is 25.0 Å². The van der Waals surface area contributed by atoms with Gasteiger partial charge in [-0.25, -0.2) is 22.8 Å². The maximum absolute atomic E-state index is 14.9. The summed E-state index contributed by atoms with van der Waals surface area (Å²) >= 11 is 5.90. The first-order chi connectivity index (χ1) is 15.7. The first-order valence-corrected chi connectivity index (χ1v) is 12.3. The average molecular weight is 509 g/mol. The minimum atomic E-state index is -3.46. The number of nitrogens with one attached hydrogen (secondary N) is 1. The number of cyclic esters (lactones) is 1. The molecule has 1 atom stereocenters. The molecule has 1 aromatic carbocycles. The van der Waals surface area contributed by atoms with E-state index in [1.165, 1.54) is 16.5 Å². The van der Waals surface area contributed by atoms with Gasteiger partial charge in [0.15, 0.2) is 11.6 Å². The summed E-state index contributed by atoms with van der Waals surface area (Å²) in [6, 6.07) is 2.14. The fourth-order valence-electron chi connectivity index (χ4n) is 3.87. The Bertz CT molecular complexity index is 945. The van der Waals surface area contributed by atoms with Crippen molar-refractivity contribution >= 4 is 42.7 Å². The summed E-state index contributed by atoms with van der Waals surface area (Å²) in [7, 11) is -3.46. The normalized spacial score (nSPS) is 28.7. The molecule has 0 aliphatic carbocycles. The van der Waals surface area contributed by atoms with Gasteiger partial charge in [-0.15, -0.1) is 11.6 Å². The standard InChI is InChI=1S/C19H24ClF2N4O6P/c1-12(27)23-8-15-9-26(19(28)32-15)14-6-16(21)18(17(22)7-14)24-2-4-25(5-3-24)33(29)30-10-13(20)11-31-33/h6-7,13,15H,2-5,8-11H2,1H3,(H,23,27)/t13?,15-,33?/m0/s1. The third kappa shape index (κ3) is 5.25. The highest BCUT2D eigenvalue weighted by atomic mass is 35.5. The minimum absolute atomic E-state index is 0.0202. The van der Waals surface area contributed by atoms with Crippen molar-refractivity contribution in [3.8, 4) is 0 Å². The molecule has 0 spiro atoms. The predicted molar refractivity (Wildman–Crippen MR) is 116 cm³/mol. The van der Waals surface area contributed by atoms with E-state index in [-0.39, 0.29) is 75.1 Å². The van der Waals surface area contributed by atoms with Gasteiger partial charge in [-0.3, -0.25) is 18.7 Å². The lowest BCUT2D eigenvalue weighted by molar-refractivity contribution is -0.119. The zero-order valence-corrected chi connectivity index (χ0v) is 19.5. The Balaban J connectivity index is 1.42. The molecule has 0 aromatic heterocycles. The zero-order chi connectivity index (χ0) is 23.8. The number of benzene rings is 1. The zero-order valence-electron chi connectivity index (χ0n) is 17.8. The Morgan fingerprint density at radius 2 is 1.79 bits per heavy atom. The second-order valence-electron chi connectivity index (χ2n) is 7.91. The summed E-state index contributed by atoms with van der Waals surface area (Å²) in [5.41, 5.74) is -0.211. The quantitative estimate of drug-likeness (QED) is 0.478. The van der Waals surface area contributed by atoms with E-state index in [1.807, 2.05) is 0 Å². The van der Waals surface area contributed by atoms with E-state index in [9.17, 15) is 22.9 Å². The maximum Gasteiger partial charge on any atom is 0.414 e.